The average Bonchev–Trinajstić information content (AvgIpc) is 3.13. The topological polar surface area (TPSA) is 18.5 Å². The first-order valence-electron chi connectivity index (χ1n) is 13.6. The van der Waals surface area contributed by atoms with Gasteiger partial charge in [0.25, 0.3) is 0 Å². The van der Waals surface area contributed by atoms with Crippen LogP contribution in [0.5, 0.6) is 0 Å². The third kappa shape index (κ3) is 13.0. The molecule has 2 heteroatoms. The largest absolute Gasteiger partial charge is 0.378 e. The Kier molecular flexibility index (Phi) is 15.3. The molecule has 2 aliphatic rings. The van der Waals surface area contributed by atoms with Gasteiger partial charge in [0.2, 0.25) is 0 Å². The lowest BCUT2D eigenvalue weighted by molar-refractivity contribution is 0.0138. The molecule has 2 nitrogen and oxygen atoms in total. The molecular formula is C27H52O2. The van der Waals surface area contributed by atoms with Crippen LogP contribution >= 0.6 is 0 Å². The van der Waals surface area contributed by atoms with Gasteiger partial charge in [0.15, 0.2) is 0 Å². The van der Waals surface area contributed by atoms with E-state index in [2.05, 4.69) is 6.92 Å². The molecule has 0 aromatic heterocycles. The van der Waals surface area contributed by atoms with E-state index in [1.165, 1.54) is 135 Å². The van der Waals surface area contributed by atoms with Crippen molar-refractivity contribution in [2.45, 2.75) is 154 Å². The Hall–Kier alpha value is -0.0800. The molecule has 172 valence electrons. The van der Waals surface area contributed by atoms with Crippen LogP contribution in [0.1, 0.15) is 142 Å². The molecule has 0 bridgehead atoms. The van der Waals surface area contributed by atoms with Crippen LogP contribution in [0.4, 0.5) is 0 Å². The van der Waals surface area contributed by atoms with Crippen molar-refractivity contribution in [1.82, 2.24) is 0 Å². The summed E-state index contributed by atoms with van der Waals surface area (Å²) in [4.78, 5) is 0. The fourth-order valence-corrected chi connectivity index (χ4v) is 5.20. The fourth-order valence-electron chi connectivity index (χ4n) is 5.20. The second kappa shape index (κ2) is 17.6. The van der Waals surface area contributed by atoms with E-state index in [4.69, 9.17) is 9.47 Å². The molecule has 0 saturated heterocycles. The lowest BCUT2D eigenvalue weighted by atomic mass is 10.0. The van der Waals surface area contributed by atoms with Gasteiger partial charge in [0.1, 0.15) is 0 Å². The zero-order chi connectivity index (χ0) is 20.4. The number of rotatable bonds is 15. The van der Waals surface area contributed by atoms with Gasteiger partial charge in [-0.05, 0) is 50.9 Å². The molecule has 0 aromatic rings. The molecule has 2 aliphatic carbocycles. The highest BCUT2D eigenvalue weighted by atomic mass is 16.5. The Morgan fingerprint density at radius 1 is 0.517 bits per heavy atom. The summed E-state index contributed by atoms with van der Waals surface area (Å²) in [5.74, 6) is 0.782. The third-order valence-corrected chi connectivity index (χ3v) is 7.26. The zero-order valence-electron chi connectivity index (χ0n) is 19.8. The van der Waals surface area contributed by atoms with E-state index in [0.29, 0.717) is 12.2 Å². The third-order valence-electron chi connectivity index (χ3n) is 7.26. The summed E-state index contributed by atoms with van der Waals surface area (Å²) in [7, 11) is 0. The Morgan fingerprint density at radius 2 is 1.10 bits per heavy atom. The van der Waals surface area contributed by atoms with E-state index in [9.17, 15) is 0 Å². The van der Waals surface area contributed by atoms with Crippen molar-refractivity contribution in [3.8, 4) is 0 Å². The minimum atomic E-state index is 0.524. The molecular weight excluding hydrogens is 356 g/mol. The maximum Gasteiger partial charge on any atom is 0.0575 e. The monoisotopic (exact) mass is 408 g/mol. The van der Waals surface area contributed by atoms with Gasteiger partial charge in [0, 0.05) is 13.2 Å². The van der Waals surface area contributed by atoms with Crippen LogP contribution < -0.4 is 0 Å². The first kappa shape index (κ1) is 25.2. The molecule has 0 aliphatic heterocycles. The Labute approximate surface area is 182 Å². The molecule has 0 spiro atoms. The second-order valence-corrected chi connectivity index (χ2v) is 10.00. The van der Waals surface area contributed by atoms with Crippen molar-refractivity contribution < 1.29 is 9.47 Å². The summed E-state index contributed by atoms with van der Waals surface area (Å²) in [6.07, 6.45) is 29.8. The minimum Gasteiger partial charge on any atom is -0.378 e. The normalized spacial score (nSPS) is 24.3. The number of hydrogen-bond acceptors (Lipinski definition) is 2. The first-order chi connectivity index (χ1) is 14.4. The second-order valence-electron chi connectivity index (χ2n) is 10.00. The SMILES string of the molecule is CCCCCCCCCCCCOC1CCCC(COC2CCCCCC2)CC1. The molecule has 2 atom stereocenters. The Bertz CT molecular complexity index is 348. The summed E-state index contributed by atoms with van der Waals surface area (Å²) in [6, 6.07) is 0. The lowest BCUT2D eigenvalue weighted by Gasteiger charge is -2.20. The first-order valence-corrected chi connectivity index (χ1v) is 13.6. The van der Waals surface area contributed by atoms with Gasteiger partial charge >= 0.3 is 0 Å². The van der Waals surface area contributed by atoms with Crippen LogP contribution in [0, 0.1) is 5.92 Å². The average molecular weight is 409 g/mol. The van der Waals surface area contributed by atoms with Gasteiger partial charge in [-0.15, -0.1) is 0 Å². The summed E-state index contributed by atoms with van der Waals surface area (Å²) in [6.45, 7) is 4.29. The van der Waals surface area contributed by atoms with Crippen molar-refractivity contribution >= 4 is 0 Å². The van der Waals surface area contributed by atoms with Gasteiger partial charge in [-0.2, -0.15) is 0 Å². The maximum absolute atomic E-state index is 6.32. The molecule has 0 N–H and O–H groups in total. The van der Waals surface area contributed by atoms with Crippen molar-refractivity contribution in [3.63, 3.8) is 0 Å². The maximum atomic E-state index is 6.32. The smallest absolute Gasteiger partial charge is 0.0575 e. The highest BCUT2D eigenvalue weighted by Crippen LogP contribution is 2.27. The van der Waals surface area contributed by atoms with Crippen LogP contribution in [-0.2, 0) is 9.47 Å². The fraction of sp³-hybridized carbons (Fsp3) is 1.00. The summed E-state index contributed by atoms with van der Waals surface area (Å²) in [5.41, 5.74) is 0. The number of hydrogen-bond donors (Lipinski definition) is 0. The van der Waals surface area contributed by atoms with Crippen LogP contribution in [-0.4, -0.2) is 25.4 Å². The van der Waals surface area contributed by atoms with Gasteiger partial charge in [-0.3, -0.25) is 0 Å². The van der Waals surface area contributed by atoms with Gasteiger partial charge in [0.05, 0.1) is 12.2 Å². The van der Waals surface area contributed by atoms with Gasteiger partial charge in [-0.1, -0.05) is 96.8 Å². The molecule has 2 saturated carbocycles. The summed E-state index contributed by atoms with van der Waals surface area (Å²) >= 11 is 0. The lowest BCUT2D eigenvalue weighted by Crippen LogP contribution is -2.18. The Morgan fingerprint density at radius 3 is 1.79 bits per heavy atom. The van der Waals surface area contributed by atoms with Crippen LogP contribution in [0.25, 0.3) is 0 Å². The predicted molar refractivity (Wildman–Crippen MR) is 126 cm³/mol. The molecule has 0 aromatic carbocycles. The van der Waals surface area contributed by atoms with Crippen molar-refractivity contribution in [2.75, 3.05) is 13.2 Å². The molecule has 0 amide bonds. The van der Waals surface area contributed by atoms with E-state index in [-0.39, 0.29) is 0 Å². The molecule has 2 unspecified atom stereocenters. The van der Waals surface area contributed by atoms with E-state index in [1.807, 2.05) is 0 Å². The van der Waals surface area contributed by atoms with Crippen LogP contribution in [0.15, 0.2) is 0 Å². The standard InChI is InChI=1S/C27H52O2/c1-2-3-4-5-6-7-8-9-12-15-23-28-27-20-16-17-25(21-22-27)24-29-26-18-13-10-11-14-19-26/h25-27H,2-24H2,1H3. The highest BCUT2D eigenvalue weighted by molar-refractivity contribution is 4.72. The van der Waals surface area contributed by atoms with Crippen LogP contribution in [0.2, 0.25) is 0 Å². The van der Waals surface area contributed by atoms with E-state index in [0.717, 1.165) is 19.1 Å². The summed E-state index contributed by atoms with van der Waals surface area (Å²) in [5, 5.41) is 0. The number of ether oxygens (including phenoxy) is 2. The molecule has 0 heterocycles. The predicted octanol–water partition coefficient (Wildman–Crippen LogP) is 8.61. The van der Waals surface area contributed by atoms with E-state index in [1.54, 1.807) is 0 Å². The minimum absolute atomic E-state index is 0.524. The molecule has 2 fully saturated rings. The van der Waals surface area contributed by atoms with E-state index >= 15 is 0 Å². The van der Waals surface area contributed by atoms with Crippen LogP contribution in [0.3, 0.4) is 0 Å². The van der Waals surface area contributed by atoms with E-state index < -0.39 is 0 Å². The number of unbranched alkanes of at least 4 members (excludes halogenated alkanes) is 9. The quantitative estimate of drug-likeness (QED) is 0.199. The molecule has 29 heavy (non-hydrogen) atoms. The summed E-state index contributed by atoms with van der Waals surface area (Å²) < 4.78 is 12.6. The van der Waals surface area contributed by atoms with Crippen molar-refractivity contribution in [3.05, 3.63) is 0 Å². The molecule has 0 radical (unpaired) electrons. The van der Waals surface area contributed by atoms with Crippen molar-refractivity contribution in [1.29, 1.82) is 0 Å². The highest BCUT2D eigenvalue weighted by Gasteiger charge is 2.21. The van der Waals surface area contributed by atoms with Gasteiger partial charge in [-0.25, -0.2) is 0 Å². The Balaban J connectivity index is 1.41. The molecule has 2 rings (SSSR count). The zero-order valence-corrected chi connectivity index (χ0v) is 19.8. The van der Waals surface area contributed by atoms with Gasteiger partial charge < -0.3 is 9.47 Å². The van der Waals surface area contributed by atoms with Crippen molar-refractivity contribution in [2.24, 2.45) is 5.92 Å².